The van der Waals surface area contributed by atoms with Crippen molar-refractivity contribution in [3.63, 3.8) is 0 Å². The fourth-order valence-electron chi connectivity index (χ4n) is 2.58. The van der Waals surface area contributed by atoms with Gasteiger partial charge < -0.3 is 19.7 Å². The maximum atomic E-state index is 14.7. The Labute approximate surface area is 154 Å². The zero-order valence-electron chi connectivity index (χ0n) is 14.0. The second-order valence-corrected chi connectivity index (χ2v) is 7.16. The normalized spacial score (nSPS) is 20.6. The molecular weight excluding hydrogens is 387 g/mol. The maximum Gasteiger partial charge on any atom is 0.275 e. The van der Waals surface area contributed by atoms with E-state index in [2.05, 4.69) is 10.0 Å². The first-order valence-corrected chi connectivity index (χ1v) is 8.98. The average molecular weight is 403 g/mol. The van der Waals surface area contributed by atoms with Gasteiger partial charge in [-0.15, -0.1) is 0 Å². The van der Waals surface area contributed by atoms with Gasteiger partial charge in [0, 0.05) is 25.0 Å². The van der Waals surface area contributed by atoms with Crippen LogP contribution in [0.25, 0.3) is 0 Å². The van der Waals surface area contributed by atoms with Gasteiger partial charge in [0.15, 0.2) is 17.5 Å². The molecule has 1 fully saturated rings. The minimum atomic E-state index is -2.04. The van der Waals surface area contributed by atoms with E-state index < -0.39 is 52.2 Å². The second kappa shape index (κ2) is 7.80. The van der Waals surface area contributed by atoms with Crippen LogP contribution in [-0.2, 0) is 22.8 Å². The number of carbonyl (C=O) groups is 1. The number of nitrogens with one attached hydrogen (secondary N) is 2. The van der Waals surface area contributed by atoms with Gasteiger partial charge in [0.2, 0.25) is 0 Å². The molecule has 1 aromatic heterocycles. The number of halogens is 3. The molecule has 0 spiro atoms. The summed E-state index contributed by atoms with van der Waals surface area (Å²) in [5.74, 6) is -4.20. The van der Waals surface area contributed by atoms with Crippen LogP contribution in [0.1, 0.15) is 10.5 Å². The monoisotopic (exact) mass is 403 g/mol. The number of benzene rings is 1. The average Bonchev–Trinajstić information content (AvgIpc) is 3.14. The smallest absolute Gasteiger partial charge is 0.275 e. The van der Waals surface area contributed by atoms with Gasteiger partial charge in [-0.25, -0.2) is 22.1 Å². The van der Waals surface area contributed by atoms with Crippen molar-refractivity contribution in [1.29, 1.82) is 0 Å². The molecule has 11 heteroatoms. The van der Waals surface area contributed by atoms with Crippen LogP contribution in [0.5, 0.6) is 0 Å². The Morgan fingerprint density at radius 1 is 1.30 bits per heavy atom. The summed E-state index contributed by atoms with van der Waals surface area (Å²) in [6, 6.07) is 2.08. The lowest BCUT2D eigenvalue weighted by atomic mass is 10.2. The Balaban J connectivity index is 1.79. The quantitative estimate of drug-likeness (QED) is 0.696. The highest BCUT2D eigenvalue weighted by molar-refractivity contribution is 7.83. The summed E-state index contributed by atoms with van der Waals surface area (Å²) in [7, 11) is -0.668. The van der Waals surface area contributed by atoms with Crippen molar-refractivity contribution in [3.05, 3.63) is 47.5 Å². The molecule has 1 aliphatic rings. The van der Waals surface area contributed by atoms with Crippen molar-refractivity contribution in [3.8, 4) is 0 Å². The van der Waals surface area contributed by atoms with Crippen LogP contribution in [0.4, 0.5) is 18.9 Å². The molecule has 0 radical (unpaired) electrons. The maximum absolute atomic E-state index is 14.7. The van der Waals surface area contributed by atoms with E-state index in [1.165, 1.54) is 13.2 Å². The molecule has 0 aliphatic carbocycles. The summed E-state index contributed by atoms with van der Waals surface area (Å²) in [4.78, 5) is 12.0. The number of aliphatic hydroxyl groups is 1. The zero-order chi connectivity index (χ0) is 19.7. The van der Waals surface area contributed by atoms with Crippen molar-refractivity contribution in [1.82, 2.24) is 9.29 Å². The van der Waals surface area contributed by atoms with Crippen molar-refractivity contribution >= 4 is 22.6 Å². The van der Waals surface area contributed by atoms with E-state index in [-0.39, 0.29) is 23.8 Å². The van der Waals surface area contributed by atoms with Gasteiger partial charge in [-0.1, -0.05) is 0 Å². The third-order valence-corrected chi connectivity index (χ3v) is 5.19. The number of carbonyl (C=O) groups excluding carboxylic acids is 1. The van der Waals surface area contributed by atoms with E-state index in [1.807, 2.05) is 0 Å². The van der Waals surface area contributed by atoms with Gasteiger partial charge in [-0.3, -0.25) is 4.79 Å². The number of aromatic nitrogens is 1. The zero-order valence-corrected chi connectivity index (χ0v) is 14.9. The van der Waals surface area contributed by atoms with E-state index in [1.54, 1.807) is 0 Å². The Hall–Kier alpha value is -2.21. The molecule has 0 bridgehead atoms. The van der Waals surface area contributed by atoms with Crippen molar-refractivity contribution in [2.75, 3.05) is 18.5 Å². The number of ether oxygens (including phenoxy) is 1. The molecule has 3 rings (SSSR count). The number of aryl methyl sites for hydroxylation is 1. The van der Waals surface area contributed by atoms with Crippen LogP contribution in [-0.4, -0.2) is 45.1 Å². The summed E-state index contributed by atoms with van der Waals surface area (Å²) in [6.45, 7) is 0.193. The van der Waals surface area contributed by atoms with Gasteiger partial charge >= 0.3 is 0 Å². The van der Waals surface area contributed by atoms with Crippen LogP contribution < -0.4 is 10.0 Å². The lowest BCUT2D eigenvalue weighted by molar-refractivity contribution is 0.101. The number of amides is 1. The lowest BCUT2D eigenvalue weighted by Gasteiger charge is -2.12. The SMILES string of the molecule is Cn1cc(S(=O)NC2COCC2O)c(F)c1C(=O)Nc1ccc(F)c(F)c1. The molecular formula is C16H16F3N3O4S. The van der Waals surface area contributed by atoms with Gasteiger partial charge in [-0.05, 0) is 12.1 Å². The molecule has 146 valence electrons. The largest absolute Gasteiger partial charge is 0.389 e. The van der Waals surface area contributed by atoms with Crippen LogP contribution in [0, 0.1) is 17.5 Å². The Kier molecular flexibility index (Phi) is 5.65. The predicted octanol–water partition coefficient (Wildman–Crippen LogP) is 1.07. The molecule has 1 aliphatic heterocycles. The standard InChI is InChI=1S/C16H16F3N3O4S/c1-22-5-13(27(25)21-11-6-26-7-12(11)23)14(19)15(22)16(24)20-8-2-3-9(17)10(18)4-8/h2-5,11-12,21,23H,6-7H2,1H3,(H,20,24). The minimum Gasteiger partial charge on any atom is -0.389 e. The van der Waals surface area contributed by atoms with Crippen LogP contribution in [0.3, 0.4) is 0 Å². The van der Waals surface area contributed by atoms with Crippen molar-refractivity contribution in [2.24, 2.45) is 7.05 Å². The van der Waals surface area contributed by atoms with Crippen LogP contribution in [0.2, 0.25) is 0 Å². The molecule has 2 aromatic rings. The highest BCUT2D eigenvalue weighted by atomic mass is 32.2. The molecule has 1 aromatic carbocycles. The molecule has 3 unspecified atom stereocenters. The third kappa shape index (κ3) is 4.05. The second-order valence-electron chi connectivity index (χ2n) is 5.95. The molecule has 27 heavy (non-hydrogen) atoms. The summed E-state index contributed by atoms with van der Waals surface area (Å²) >= 11 is 0. The van der Waals surface area contributed by atoms with E-state index in [9.17, 15) is 27.3 Å². The Morgan fingerprint density at radius 3 is 2.67 bits per heavy atom. The predicted molar refractivity (Wildman–Crippen MR) is 89.8 cm³/mol. The van der Waals surface area contributed by atoms with Crippen LogP contribution >= 0.6 is 0 Å². The summed E-state index contributed by atoms with van der Waals surface area (Å²) < 4.78 is 61.9. The summed E-state index contributed by atoms with van der Waals surface area (Å²) in [6.07, 6.45) is 0.290. The number of nitrogens with zero attached hydrogens (tertiary/aromatic N) is 1. The lowest BCUT2D eigenvalue weighted by Crippen LogP contribution is -2.39. The highest BCUT2D eigenvalue weighted by Gasteiger charge is 2.30. The van der Waals surface area contributed by atoms with Crippen molar-refractivity contribution in [2.45, 2.75) is 17.0 Å². The highest BCUT2D eigenvalue weighted by Crippen LogP contribution is 2.21. The van der Waals surface area contributed by atoms with Crippen molar-refractivity contribution < 1.29 is 32.0 Å². The molecule has 7 nitrogen and oxygen atoms in total. The molecule has 1 amide bonds. The first kappa shape index (κ1) is 19.5. The number of aliphatic hydroxyl groups excluding tert-OH is 1. The fourth-order valence-corrected chi connectivity index (χ4v) is 3.72. The first-order chi connectivity index (χ1) is 12.8. The topological polar surface area (TPSA) is 92.6 Å². The number of hydrogen-bond acceptors (Lipinski definition) is 4. The molecule has 0 saturated carbocycles. The summed E-state index contributed by atoms with van der Waals surface area (Å²) in [5.41, 5.74) is -0.500. The summed E-state index contributed by atoms with van der Waals surface area (Å²) in [5, 5.41) is 11.9. The number of rotatable bonds is 5. The Morgan fingerprint density at radius 2 is 2.04 bits per heavy atom. The Bertz CT molecular complexity index is 905. The number of hydrogen-bond donors (Lipinski definition) is 3. The molecule has 1 saturated heterocycles. The van der Waals surface area contributed by atoms with E-state index in [4.69, 9.17) is 4.74 Å². The number of anilines is 1. The molecule has 3 N–H and O–H groups in total. The van der Waals surface area contributed by atoms with Gasteiger partial charge in [0.05, 0.1) is 25.4 Å². The first-order valence-electron chi connectivity index (χ1n) is 7.83. The fraction of sp³-hybridized carbons (Fsp3) is 0.312. The van der Waals surface area contributed by atoms with Gasteiger partial charge in [-0.2, -0.15) is 0 Å². The molecule has 3 atom stereocenters. The minimum absolute atomic E-state index is 0.0634. The molecule has 2 heterocycles. The van der Waals surface area contributed by atoms with E-state index in [0.29, 0.717) is 0 Å². The van der Waals surface area contributed by atoms with E-state index >= 15 is 0 Å². The van der Waals surface area contributed by atoms with E-state index in [0.717, 1.165) is 22.8 Å². The van der Waals surface area contributed by atoms with Gasteiger partial charge in [0.25, 0.3) is 5.91 Å². The van der Waals surface area contributed by atoms with Gasteiger partial charge in [0.1, 0.15) is 21.6 Å². The third-order valence-electron chi connectivity index (χ3n) is 3.99. The van der Waals surface area contributed by atoms with Crippen LogP contribution in [0.15, 0.2) is 29.3 Å².